The van der Waals surface area contributed by atoms with Gasteiger partial charge in [0, 0.05) is 23.0 Å². The van der Waals surface area contributed by atoms with Crippen LogP contribution in [0.15, 0.2) is 188 Å². The molecule has 222 valence electrons. The largest absolute Gasteiger partial charge is 0.314 e. The van der Waals surface area contributed by atoms with Gasteiger partial charge in [0.1, 0.15) is 0 Å². The zero-order chi connectivity index (χ0) is 31.2. The third-order valence-electron chi connectivity index (χ3n) is 9.84. The minimum absolute atomic E-state index is 0.235. The van der Waals surface area contributed by atoms with Crippen LogP contribution >= 0.6 is 0 Å². The van der Waals surface area contributed by atoms with Gasteiger partial charge in [-0.05, 0) is 97.6 Å². The number of rotatable bonds is 5. The van der Waals surface area contributed by atoms with Crippen LogP contribution in [0.2, 0.25) is 0 Å². The molecule has 0 spiro atoms. The first-order chi connectivity index (χ1) is 23.3. The molecule has 1 heteroatoms. The highest BCUT2D eigenvalue weighted by atomic mass is 15.1. The Balaban J connectivity index is 1.19. The number of anilines is 2. The number of benzene rings is 7. The highest BCUT2D eigenvalue weighted by Gasteiger charge is 2.31. The van der Waals surface area contributed by atoms with Crippen molar-refractivity contribution in [1.29, 1.82) is 0 Å². The van der Waals surface area contributed by atoms with Crippen LogP contribution in [0, 0.1) is 0 Å². The predicted octanol–water partition coefficient (Wildman–Crippen LogP) is 12.4. The van der Waals surface area contributed by atoms with Gasteiger partial charge in [-0.2, -0.15) is 0 Å². The average Bonchev–Trinajstić information content (AvgIpc) is 3.27. The molecule has 1 nitrogen and oxygen atoms in total. The Hall–Kier alpha value is -5.92. The van der Waals surface area contributed by atoms with Crippen LogP contribution in [0.25, 0.3) is 49.7 Å². The predicted molar refractivity (Wildman–Crippen MR) is 199 cm³/mol. The Morgan fingerprint density at radius 3 is 1.53 bits per heavy atom. The smallest absolute Gasteiger partial charge is 0.0458 e. The van der Waals surface area contributed by atoms with Crippen LogP contribution in [-0.2, 0) is 0 Å². The van der Waals surface area contributed by atoms with E-state index in [2.05, 4.69) is 187 Å². The van der Waals surface area contributed by atoms with E-state index in [0.29, 0.717) is 0 Å². The fourth-order valence-corrected chi connectivity index (χ4v) is 7.61. The molecule has 0 bridgehead atoms. The summed E-state index contributed by atoms with van der Waals surface area (Å²) in [5.74, 6) is 0.235. The molecule has 7 aromatic rings. The van der Waals surface area contributed by atoms with Gasteiger partial charge in [0.25, 0.3) is 0 Å². The van der Waals surface area contributed by atoms with Crippen LogP contribution in [0.3, 0.4) is 0 Å². The number of fused-ring (bicyclic) bond motifs is 5. The Labute approximate surface area is 276 Å². The second-order valence-corrected chi connectivity index (χ2v) is 12.5. The normalized spacial score (nSPS) is 14.8. The number of nitrogens with zero attached hydrogens (tertiary/aromatic N) is 1. The summed E-state index contributed by atoms with van der Waals surface area (Å²) in [4.78, 5) is 2.46. The van der Waals surface area contributed by atoms with E-state index >= 15 is 0 Å². The summed E-state index contributed by atoms with van der Waals surface area (Å²) in [6.45, 7) is 0. The third-order valence-corrected chi connectivity index (χ3v) is 9.84. The van der Waals surface area contributed by atoms with Gasteiger partial charge in [0.15, 0.2) is 0 Å². The van der Waals surface area contributed by atoms with Crippen molar-refractivity contribution in [3.8, 4) is 33.4 Å². The Kier molecular flexibility index (Phi) is 6.68. The van der Waals surface area contributed by atoms with Crippen molar-refractivity contribution in [2.24, 2.45) is 0 Å². The molecule has 0 radical (unpaired) electrons. The fourth-order valence-electron chi connectivity index (χ4n) is 7.61. The van der Waals surface area contributed by atoms with Crippen LogP contribution in [0.5, 0.6) is 0 Å². The molecule has 7 aromatic carbocycles. The summed E-state index contributed by atoms with van der Waals surface area (Å²) in [5.41, 5.74) is 15.3. The maximum absolute atomic E-state index is 2.46. The quantitative estimate of drug-likeness (QED) is 0.190. The minimum Gasteiger partial charge on any atom is -0.314 e. The van der Waals surface area contributed by atoms with Crippen molar-refractivity contribution >= 4 is 27.7 Å². The van der Waals surface area contributed by atoms with E-state index in [0.717, 1.165) is 17.8 Å². The lowest BCUT2D eigenvalue weighted by atomic mass is 9.80. The van der Waals surface area contributed by atoms with Gasteiger partial charge in [0.2, 0.25) is 0 Å². The topological polar surface area (TPSA) is 3.24 Å². The van der Waals surface area contributed by atoms with Gasteiger partial charge in [0.05, 0.1) is 0 Å². The van der Waals surface area contributed by atoms with Crippen molar-refractivity contribution < 1.29 is 0 Å². The van der Waals surface area contributed by atoms with Gasteiger partial charge < -0.3 is 4.90 Å². The van der Waals surface area contributed by atoms with Crippen molar-refractivity contribution in [1.82, 2.24) is 0 Å². The number of hydrogen-bond donors (Lipinski definition) is 0. The molecule has 1 atom stereocenters. The van der Waals surface area contributed by atoms with Gasteiger partial charge in [-0.15, -0.1) is 0 Å². The first kappa shape index (κ1) is 27.4. The molecule has 0 saturated heterocycles. The van der Waals surface area contributed by atoms with Crippen molar-refractivity contribution in [2.75, 3.05) is 4.90 Å². The summed E-state index contributed by atoms with van der Waals surface area (Å²) in [7, 11) is 0. The van der Waals surface area contributed by atoms with Crippen LogP contribution in [-0.4, -0.2) is 0 Å². The van der Waals surface area contributed by atoms with E-state index in [1.165, 1.54) is 66.6 Å². The highest BCUT2D eigenvalue weighted by molar-refractivity contribution is 6.07. The monoisotopic (exact) mass is 599 g/mol. The first-order valence-corrected chi connectivity index (χ1v) is 16.5. The van der Waals surface area contributed by atoms with E-state index in [1.54, 1.807) is 0 Å². The molecule has 1 unspecified atom stereocenters. The molecule has 0 aromatic heterocycles. The minimum atomic E-state index is 0.235. The number of hydrogen-bond acceptors (Lipinski definition) is 1. The van der Waals surface area contributed by atoms with Crippen molar-refractivity contribution in [3.05, 3.63) is 199 Å². The Bertz CT molecular complexity index is 2200. The van der Waals surface area contributed by atoms with E-state index in [1.807, 2.05) is 0 Å². The molecular formula is C46H33N. The SMILES string of the molecule is C1=C2c3cccc4cccc(c34)-c3ccccc3C2CC(N(c2ccc(-c3ccccc3)cc2)c2ccc(-c3ccccc3)cc2)=C1. The zero-order valence-electron chi connectivity index (χ0n) is 26.1. The summed E-state index contributed by atoms with van der Waals surface area (Å²) in [6.07, 6.45) is 5.65. The molecular weight excluding hydrogens is 567 g/mol. The summed E-state index contributed by atoms with van der Waals surface area (Å²) in [5, 5.41) is 2.66. The molecule has 47 heavy (non-hydrogen) atoms. The average molecular weight is 600 g/mol. The van der Waals surface area contributed by atoms with Crippen molar-refractivity contribution in [3.63, 3.8) is 0 Å². The molecule has 0 amide bonds. The van der Waals surface area contributed by atoms with E-state index < -0.39 is 0 Å². The second-order valence-electron chi connectivity index (χ2n) is 12.5. The molecule has 0 saturated carbocycles. The van der Waals surface area contributed by atoms with Gasteiger partial charge in [-0.25, -0.2) is 0 Å². The Morgan fingerprint density at radius 2 is 0.915 bits per heavy atom. The standard InChI is InChI=1S/C46H33N/c1-3-11-32(12-4-1)34-21-25-37(26-22-34)47(38-27-23-35(24-28-38)33-13-5-2-6-14-33)39-29-30-42-44-20-10-16-36-15-9-19-43(46(36)44)40-17-7-8-18-41(40)45(42)31-39/h1-30,45H,31H2. The molecule has 0 aliphatic heterocycles. The molecule has 0 heterocycles. The van der Waals surface area contributed by atoms with Gasteiger partial charge >= 0.3 is 0 Å². The van der Waals surface area contributed by atoms with Gasteiger partial charge in [-0.1, -0.05) is 152 Å². The maximum atomic E-state index is 2.46. The lowest BCUT2D eigenvalue weighted by Crippen LogP contribution is -2.21. The molecule has 0 N–H and O–H groups in total. The maximum Gasteiger partial charge on any atom is 0.0458 e. The number of allylic oxidation sites excluding steroid dienone is 4. The molecule has 9 rings (SSSR count). The third kappa shape index (κ3) is 4.80. The summed E-state index contributed by atoms with van der Waals surface area (Å²) in [6, 6.07) is 61.9. The van der Waals surface area contributed by atoms with Crippen LogP contribution in [0.4, 0.5) is 11.4 Å². The van der Waals surface area contributed by atoms with Crippen LogP contribution in [0.1, 0.15) is 23.5 Å². The van der Waals surface area contributed by atoms with Crippen LogP contribution < -0.4 is 4.90 Å². The molecule has 2 aliphatic rings. The van der Waals surface area contributed by atoms with E-state index in [9.17, 15) is 0 Å². The molecule has 2 aliphatic carbocycles. The van der Waals surface area contributed by atoms with Crippen molar-refractivity contribution in [2.45, 2.75) is 12.3 Å². The lowest BCUT2D eigenvalue weighted by Gasteiger charge is -2.34. The van der Waals surface area contributed by atoms with E-state index in [-0.39, 0.29) is 5.92 Å². The zero-order valence-corrected chi connectivity index (χ0v) is 26.1. The molecule has 0 fully saturated rings. The first-order valence-electron chi connectivity index (χ1n) is 16.5. The summed E-state index contributed by atoms with van der Waals surface area (Å²) < 4.78 is 0. The fraction of sp³-hybridized carbons (Fsp3) is 0.0435. The Morgan fingerprint density at radius 1 is 0.404 bits per heavy atom. The highest BCUT2D eigenvalue weighted by Crippen LogP contribution is 2.51. The second kappa shape index (κ2) is 11.5. The van der Waals surface area contributed by atoms with E-state index in [4.69, 9.17) is 0 Å². The summed E-state index contributed by atoms with van der Waals surface area (Å²) >= 11 is 0. The van der Waals surface area contributed by atoms with Gasteiger partial charge in [-0.3, -0.25) is 0 Å². The lowest BCUT2D eigenvalue weighted by molar-refractivity contribution is 0.815.